The highest BCUT2D eigenvalue weighted by Crippen LogP contribution is 2.18. The quantitative estimate of drug-likeness (QED) is 0.717. The Balaban J connectivity index is 2.09. The number of imidazole rings is 2. The van der Waals surface area contributed by atoms with Crippen molar-refractivity contribution < 1.29 is 0 Å². The fourth-order valence-electron chi connectivity index (χ4n) is 2.50. The topological polar surface area (TPSA) is 35.6 Å². The van der Waals surface area contributed by atoms with Crippen LogP contribution in [0.15, 0.2) is 36.8 Å². The molecule has 3 rings (SSSR count). The normalized spacial score (nSPS) is 11.3. The van der Waals surface area contributed by atoms with E-state index >= 15 is 0 Å². The number of rotatable bonds is 4. The largest absolute Gasteiger partial charge is 0.333 e. The third kappa shape index (κ3) is 2.03. The van der Waals surface area contributed by atoms with Gasteiger partial charge < -0.3 is 9.13 Å². The first kappa shape index (κ1) is 12.0. The van der Waals surface area contributed by atoms with Gasteiger partial charge in [0.05, 0.1) is 29.6 Å². The molecule has 0 spiro atoms. The highest BCUT2D eigenvalue weighted by Gasteiger charge is 2.10. The first-order valence-electron chi connectivity index (χ1n) is 6.76. The van der Waals surface area contributed by atoms with Crippen LogP contribution in [-0.2, 0) is 19.5 Å². The highest BCUT2D eigenvalue weighted by molar-refractivity contribution is 5.76. The van der Waals surface area contributed by atoms with Gasteiger partial charge in [0.15, 0.2) is 0 Å². The van der Waals surface area contributed by atoms with Gasteiger partial charge in [0.2, 0.25) is 0 Å². The van der Waals surface area contributed by atoms with E-state index in [2.05, 4.69) is 46.2 Å². The molecule has 0 fully saturated rings. The summed E-state index contributed by atoms with van der Waals surface area (Å²) in [6.07, 6.45) is 4.77. The summed E-state index contributed by atoms with van der Waals surface area (Å²) in [5.41, 5.74) is 3.49. The minimum atomic E-state index is 0.831. The number of para-hydroxylation sites is 2. The summed E-state index contributed by atoms with van der Waals surface area (Å²) in [5, 5.41) is 0. The number of aromatic nitrogens is 4. The molecular formula is C15H18N4. The van der Waals surface area contributed by atoms with Gasteiger partial charge in [-0.2, -0.15) is 0 Å². The number of nitrogens with zero attached hydrogens (tertiary/aromatic N) is 4. The highest BCUT2D eigenvalue weighted by atomic mass is 15.1. The zero-order chi connectivity index (χ0) is 13.2. The lowest BCUT2D eigenvalue weighted by atomic mass is 10.3. The van der Waals surface area contributed by atoms with Crippen molar-refractivity contribution in [1.29, 1.82) is 0 Å². The van der Waals surface area contributed by atoms with Crippen LogP contribution in [-0.4, -0.2) is 19.1 Å². The third-order valence-electron chi connectivity index (χ3n) is 3.51. The Morgan fingerprint density at radius 2 is 2.00 bits per heavy atom. The van der Waals surface area contributed by atoms with Crippen molar-refractivity contribution in [3.8, 4) is 0 Å². The number of fused-ring (bicyclic) bond motifs is 1. The maximum atomic E-state index is 4.70. The van der Waals surface area contributed by atoms with Crippen molar-refractivity contribution in [3.63, 3.8) is 0 Å². The van der Waals surface area contributed by atoms with Gasteiger partial charge in [-0.15, -0.1) is 0 Å². The van der Waals surface area contributed by atoms with E-state index in [0.29, 0.717) is 0 Å². The van der Waals surface area contributed by atoms with Gasteiger partial charge in [0.25, 0.3) is 0 Å². The molecular weight excluding hydrogens is 236 g/mol. The summed E-state index contributed by atoms with van der Waals surface area (Å²) in [5.74, 6) is 1.13. The predicted molar refractivity (Wildman–Crippen MR) is 76.1 cm³/mol. The zero-order valence-electron chi connectivity index (χ0n) is 11.4. The van der Waals surface area contributed by atoms with Crippen LogP contribution < -0.4 is 0 Å². The van der Waals surface area contributed by atoms with Gasteiger partial charge in [-0.1, -0.05) is 19.1 Å². The molecule has 1 aromatic carbocycles. The lowest BCUT2D eigenvalue weighted by Crippen LogP contribution is -2.08. The Kier molecular flexibility index (Phi) is 3.07. The molecule has 0 saturated carbocycles. The predicted octanol–water partition coefficient (Wildman–Crippen LogP) is 2.86. The van der Waals surface area contributed by atoms with E-state index in [1.165, 1.54) is 11.2 Å². The second-order valence-corrected chi connectivity index (χ2v) is 4.63. The van der Waals surface area contributed by atoms with Crippen molar-refractivity contribution in [2.75, 3.05) is 0 Å². The Hall–Kier alpha value is -2.10. The smallest absolute Gasteiger partial charge is 0.109 e. The van der Waals surface area contributed by atoms with Crippen LogP contribution in [0.5, 0.6) is 0 Å². The molecule has 0 aliphatic carbocycles. The summed E-state index contributed by atoms with van der Waals surface area (Å²) in [4.78, 5) is 8.94. The molecule has 0 aliphatic rings. The maximum Gasteiger partial charge on any atom is 0.109 e. The zero-order valence-corrected chi connectivity index (χ0v) is 11.4. The fraction of sp³-hybridized carbons (Fsp3) is 0.333. The van der Waals surface area contributed by atoms with Gasteiger partial charge in [0.1, 0.15) is 5.82 Å². The first-order valence-corrected chi connectivity index (χ1v) is 6.76. The first-order chi connectivity index (χ1) is 9.33. The molecule has 4 nitrogen and oxygen atoms in total. The number of hydrogen-bond acceptors (Lipinski definition) is 2. The summed E-state index contributed by atoms with van der Waals surface area (Å²) in [6, 6.07) is 8.31. The van der Waals surface area contributed by atoms with Crippen molar-refractivity contribution in [2.45, 2.75) is 33.4 Å². The van der Waals surface area contributed by atoms with E-state index in [9.17, 15) is 0 Å². The average molecular weight is 254 g/mol. The van der Waals surface area contributed by atoms with Crippen LogP contribution in [0.2, 0.25) is 0 Å². The van der Waals surface area contributed by atoms with Crippen LogP contribution in [0.3, 0.4) is 0 Å². The molecule has 0 N–H and O–H groups in total. The van der Waals surface area contributed by atoms with Gasteiger partial charge in [-0.05, 0) is 19.1 Å². The molecule has 4 heteroatoms. The Bertz CT molecular complexity index is 693. The van der Waals surface area contributed by atoms with E-state index in [0.717, 1.165) is 30.9 Å². The minimum Gasteiger partial charge on any atom is -0.333 e. The number of hydrogen-bond donors (Lipinski definition) is 0. The van der Waals surface area contributed by atoms with E-state index in [1.54, 1.807) is 0 Å². The summed E-state index contributed by atoms with van der Waals surface area (Å²) < 4.78 is 4.46. The van der Waals surface area contributed by atoms with Gasteiger partial charge >= 0.3 is 0 Å². The van der Waals surface area contributed by atoms with Crippen molar-refractivity contribution in [2.24, 2.45) is 0 Å². The monoisotopic (exact) mass is 254 g/mol. The van der Waals surface area contributed by atoms with Crippen LogP contribution in [0.1, 0.15) is 25.4 Å². The van der Waals surface area contributed by atoms with Crippen LogP contribution in [0.4, 0.5) is 0 Å². The summed E-state index contributed by atoms with van der Waals surface area (Å²) in [6.45, 7) is 6.06. The van der Waals surface area contributed by atoms with Crippen molar-refractivity contribution in [3.05, 3.63) is 48.3 Å². The van der Waals surface area contributed by atoms with Crippen LogP contribution >= 0.6 is 0 Å². The lowest BCUT2D eigenvalue weighted by Gasteiger charge is -2.09. The SMILES string of the molecule is CCc1nc2ccccc2n1Cc1cncn1CC. The summed E-state index contributed by atoms with van der Waals surface area (Å²) >= 11 is 0. The second kappa shape index (κ2) is 4.88. The molecule has 0 bridgehead atoms. The molecule has 0 aliphatic heterocycles. The van der Waals surface area contributed by atoms with Gasteiger partial charge in [-0.25, -0.2) is 9.97 Å². The molecule has 0 amide bonds. The maximum absolute atomic E-state index is 4.70. The Morgan fingerprint density at radius 1 is 1.16 bits per heavy atom. The average Bonchev–Trinajstić information content (AvgIpc) is 3.04. The van der Waals surface area contributed by atoms with Crippen LogP contribution in [0, 0.1) is 0 Å². The van der Waals surface area contributed by atoms with Crippen molar-refractivity contribution in [1.82, 2.24) is 19.1 Å². The summed E-state index contributed by atoms with van der Waals surface area (Å²) in [7, 11) is 0. The van der Waals surface area contributed by atoms with E-state index in [1.807, 2.05) is 18.6 Å². The lowest BCUT2D eigenvalue weighted by molar-refractivity contribution is 0.659. The van der Waals surface area contributed by atoms with Crippen molar-refractivity contribution >= 4 is 11.0 Å². The molecule has 0 radical (unpaired) electrons. The molecule has 19 heavy (non-hydrogen) atoms. The van der Waals surface area contributed by atoms with Gasteiger partial charge in [-0.3, -0.25) is 0 Å². The minimum absolute atomic E-state index is 0.831. The standard InChI is InChI=1S/C15H18N4/c1-3-15-17-13-7-5-6-8-14(13)19(15)10-12-9-16-11-18(12)4-2/h5-9,11H,3-4,10H2,1-2H3. The molecule has 98 valence electrons. The molecule has 2 heterocycles. The Morgan fingerprint density at radius 3 is 2.79 bits per heavy atom. The molecule has 2 aromatic heterocycles. The third-order valence-corrected chi connectivity index (χ3v) is 3.51. The van der Waals surface area contributed by atoms with Crippen LogP contribution in [0.25, 0.3) is 11.0 Å². The molecule has 0 unspecified atom stereocenters. The van der Waals surface area contributed by atoms with E-state index < -0.39 is 0 Å². The van der Waals surface area contributed by atoms with E-state index in [4.69, 9.17) is 4.98 Å². The number of benzene rings is 1. The molecule has 0 saturated heterocycles. The molecule has 3 aromatic rings. The fourth-order valence-corrected chi connectivity index (χ4v) is 2.50. The number of aryl methyl sites for hydroxylation is 2. The Labute approximate surface area is 112 Å². The van der Waals surface area contributed by atoms with Gasteiger partial charge in [0, 0.05) is 19.2 Å². The van der Waals surface area contributed by atoms with E-state index in [-0.39, 0.29) is 0 Å². The second-order valence-electron chi connectivity index (χ2n) is 4.63. The molecule has 0 atom stereocenters.